The number of nitrogens with two attached hydrogens (primary N) is 1. The number of hydrogen-bond acceptors (Lipinski definition) is 3. The molecule has 4 heteroatoms. The van der Waals surface area contributed by atoms with Gasteiger partial charge in [0.25, 0.3) is 0 Å². The highest BCUT2D eigenvalue weighted by Gasteiger charge is 2.30. The van der Waals surface area contributed by atoms with Gasteiger partial charge < -0.3 is 10.6 Å². The normalized spacial score (nSPS) is 14.5. The smallest absolute Gasteiger partial charge is 0.148 e. The number of nitrogen functional groups attached to an aromatic ring is 1. The van der Waals surface area contributed by atoms with Crippen LogP contribution in [0, 0.1) is 17.1 Å². The standard InChI is InChI=1S/C12H14FN3/c13-11-8-9(15)2-5-12(11)16(7-1-6-14)10-3-4-10/h2,5,8,10H,1,3-4,7,15H2. The van der Waals surface area contributed by atoms with Crippen LogP contribution in [-0.2, 0) is 0 Å². The van der Waals surface area contributed by atoms with Gasteiger partial charge in [-0.25, -0.2) is 4.39 Å². The highest BCUT2D eigenvalue weighted by atomic mass is 19.1. The minimum Gasteiger partial charge on any atom is -0.399 e. The first-order valence-corrected chi connectivity index (χ1v) is 5.41. The first kappa shape index (κ1) is 10.7. The summed E-state index contributed by atoms with van der Waals surface area (Å²) in [6, 6.07) is 7.21. The highest BCUT2D eigenvalue weighted by molar-refractivity contribution is 5.55. The molecule has 2 N–H and O–H groups in total. The molecule has 0 heterocycles. The monoisotopic (exact) mass is 219 g/mol. The fourth-order valence-corrected chi connectivity index (χ4v) is 1.81. The van der Waals surface area contributed by atoms with Crippen LogP contribution in [0.15, 0.2) is 18.2 Å². The molecule has 0 saturated heterocycles. The predicted octanol–water partition coefficient (Wildman–Crippen LogP) is 2.29. The van der Waals surface area contributed by atoms with Gasteiger partial charge in [-0.1, -0.05) is 0 Å². The minimum absolute atomic E-state index is 0.301. The first-order chi connectivity index (χ1) is 7.72. The van der Waals surface area contributed by atoms with Crippen LogP contribution in [0.25, 0.3) is 0 Å². The lowest BCUT2D eigenvalue weighted by Crippen LogP contribution is -2.27. The summed E-state index contributed by atoms with van der Waals surface area (Å²) in [5.41, 5.74) is 6.50. The summed E-state index contributed by atoms with van der Waals surface area (Å²) in [5.74, 6) is -0.301. The van der Waals surface area contributed by atoms with Gasteiger partial charge in [-0.2, -0.15) is 5.26 Å². The van der Waals surface area contributed by atoms with E-state index in [-0.39, 0.29) is 5.82 Å². The second-order valence-electron chi connectivity index (χ2n) is 4.04. The fourth-order valence-electron chi connectivity index (χ4n) is 1.81. The van der Waals surface area contributed by atoms with Gasteiger partial charge in [0.2, 0.25) is 0 Å². The number of benzene rings is 1. The van der Waals surface area contributed by atoms with E-state index in [1.165, 1.54) is 6.07 Å². The van der Waals surface area contributed by atoms with E-state index in [9.17, 15) is 4.39 Å². The van der Waals surface area contributed by atoms with Crippen molar-refractivity contribution in [2.75, 3.05) is 17.2 Å². The largest absolute Gasteiger partial charge is 0.399 e. The maximum atomic E-state index is 13.7. The molecule has 16 heavy (non-hydrogen) atoms. The van der Waals surface area contributed by atoms with E-state index in [1.54, 1.807) is 12.1 Å². The van der Waals surface area contributed by atoms with Crippen molar-refractivity contribution in [3.8, 4) is 6.07 Å². The summed E-state index contributed by atoms with van der Waals surface area (Å²) in [4.78, 5) is 1.97. The third-order valence-corrected chi connectivity index (χ3v) is 2.73. The van der Waals surface area contributed by atoms with Crippen molar-refractivity contribution >= 4 is 11.4 Å². The van der Waals surface area contributed by atoms with Crippen LogP contribution in [0.1, 0.15) is 19.3 Å². The van der Waals surface area contributed by atoms with Gasteiger partial charge in [-0.15, -0.1) is 0 Å². The van der Waals surface area contributed by atoms with Gasteiger partial charge in [0.1, 0.15) is 5.82 Å². The van der Waals surface area contributed by atoms with E-state index in [2.05, 4.69) is 6.07 Å². The van der Waals surface area contributed by atoms with E-state index in [1.807, 2.05) is 4.90 Å². The van der Waals surface area contributed by atoms with Crippen molar-refractivity contribution in [3.05, 3.63) is 24.0 Å². The molecule has 1 saturated carbocycles. The SMILES string of the molecule is N#CCCN(c1ccc(N)cc1F)C1CC1. The second kappa shape index (κ2) is 4.40. The number of nitrogens with zero attached hydrogens (tertiary/aromatic N) is 2. The van der Waals surface area contributed by atoms with Crippen molar-refractivity contribution in [2.45, 2.75) is 25.3 Å². The summed E-state index contributed by atoms with van der Waals surface area (Å²) in [5, 5.41) is 8.59. The lowest BCUT2D eigenvalue weighted by molar-refractivity contribution is 0.616. The number of nitriles is 1. The summed E-state index contributed by atoms with van der Waals surface area (Å²) in [7, 11) is 0. The van der Waals surface area contributed by atoms with Crippen molar-refractivity contribution in [1.82, 2.24) is 0 Å². The Labute approximate surface area is 94.3 Å². The van der Waals surface area contributed by atoms with Gasteiger partial charge in [0, 0.05) is 18.3 Å². The maximum Gasteiger partial charge on any atom is 0.148 e. The average Bonchev–Trinajstić information content (AvgIpc) is 3.05. The molecule has 0 radical (unpaired) electrons. The molecule has 1 aromatic rings. The Balaban J connectivity index is 2.21. The molecular formula is C12H14FN3. The maximum absolute atomic E-state index is 13.7. The Hall–Kier alpha value is -1.76. The van der Waals surface area contributed by atoms with Crippen molar-refractivity contribution in [3.63, 3.8) is 0 Å². The van der Waals surface area contributed by atoms with Gasteiger partial charge in [0.15, 0.2) is 0 Å². The van der Waals surface area contributed by atoms with Crippen LogP contribution in [-0.4, -0.2) is 12.6 Å². The zero-order valence-corrected chi connectivity index (χ0v) is 8.99. The summed E-state index contributed by atoms with van der Waals surface area (Å²) >= 11 is 0. The quantitative estimate of drug-likeness (QED) is 0.790. The molecule has 0 aliphatic heterocycles. The Kier molecular flexibility index (Phi) is 2.95. The highest BCUT2D eigenvalue weighted by Crippen LogP contribution is 2.33. The third kappa shape index (κ3) is 2.25. The topological polar surface area (TPSA) is 53.0 Å². The molecule has 0 spiro atoms. The molecule has 1 aliphatic carbocycles. The molecule has 0 unspecified atom stereocenters. The van der Waals surface area contributed by atoms with Gasteiger partial charge >= 0.3 is 0 Å². The first-order valence-electron chi connectivity index (χ1n) is 5.41. The van der Waals surface area contributed by atoms with Crippen molar-refractivity contribution in [1.29, 1.82) is 5.26 Å². The van der Waals surface area contributed by atoms with Gasteiger partial charge in [-0.3, -0.25) is 0 Å². The minimum atomic E-state index is -0.301. The van der Waals surface area contributed by atoms with Crippen LogP contribution in [0.5, 0.6) is 0 Å². The Morgan fingerprint density at radius 1 is 1.50 bits per heavy atom. The fraction of sp³-hybridized carbons (Fsp3) is 0.417. The van der Waals surface area contributed by atoms with Crippen LogP contribution in [0.2, 0.25) is 0 Å². The summed E-state index contributed by atoms with van der Waals surface area (Å²) < 4.78 is 13.7. The molecule has 3 nitrogen and oxygen atoms in total. The van der Waals surface area contributed by atoms with E-state index in [0.29, 0.717) is 30.4 Å². The molecule has 0 aromatic heterocycles. The van der Waals surface area contributed by atoms with Crippen LogP contribution >= 0.6 is 0 Å². The predicted molar refractivity (Wildman–Crippen MR) is 61.4 cm³/mol. The average molecular weight is 219 g/mol. The molecule has 1 aliphatic rings. The summed E-state index contributed by atoms with van der Waals surface area (Å²) in [6.45, 7) is 0.585. The lowest BCUT2D eigenvalue weighted by atomic mass is 10.2. The van der Waals surface area contributed by atoms with E-state index in [0.717, 1.165) is 12.8 Å². The Bertz CT molecular complexity index is 421. The molecular weight excluding hydrogens is 205 g/mol. The third-order valence-electron chi connectivity index (χ3n) is 2.73. The van der Waals surface area contributed by atoms with Gasteiger partial charge in [0.05, 0.1) is 18.2 Å². The molecule has 0 amide bonds. The van der Waals surface area contributed by atoms with Gasteiger partial charge in [-0.05, 0) is 31.0 Å². The number of anilines is 2. The van der Waals surface area contributed by atoms with Crippen molar-refractivity contribution in [2.24, 2.45) is 0 Å². The molecule has 2 rings (SSSR count). The Morgan fingerprint density at radius 3 is 2.81 bits per heavy atom. The van der Waals surface area contributed by atoms with Crippen LogP contribution < -0.4 is 10.6 Å². The van der Waals surface area contributed by atoms with E-state index < -0.39 is 0 Å². The molecule has 0 bridgehead atoms. The number of rotatable bonds is 4. The van der Waals surface area contributed by atoms with Crippen LogP contribution in [0.3, 0.4) is 0 Å². The Morgan fingerprint density at radius 2 is 2.25 bits per heavy atom. The molecule has 1 fully saturated rings. The second-order valence-corrected chi connectivity index (χ2v) is 4.04. The van der Waals surface area contributed by atoms with E-state index in [4.69, 9.17) is 11.0 Å². The zero-order valence-electron chi connectivity index (χ0n) is 8.99. The van der Waals surface area contributed by atoms with Crippen molar-refractivity contribution < 1.29 is 4.39 Å². The molecule has 0 atom stereocenters. The van der Waals surface area contributed by atoms with E-state index >= 15 is 0 Å². The summed E-state index contributed by atoms with van der Waals surface area (Å²) in [6.07, 6.45) is 2.57. The van der Waals surface area contributed by atoms with Crippen LogP contribution in [0.4, 0.5) is 15.8 Å². The number of halogens is 1. The molecule has 1 aromatic carbocycles. The number of hydrogen-bond donors (Lipinski definition) is 1. The lowest BCUT2D eigenvalue weighted by Gasteiger charge is -2.24. The molecule has 84 valence electrons. The zero-order chi connectivity index (χ0) is 11.5.